The first-order chi connectivity index (χ1) is 10.5. The van der Waals surface area contributed by atoms with Gasteiger partial charge < -0.3 is 9.47 Å². The average Bonchev–Trinajstić information content (AvgIpc) is 3.32. The Morgan fingerprint density at radius 2 is 1.86 bits per heavy atom. The molecule has 1 aliphatic rings. The number of nitrogens with one attached hydrogen (secondary N) is 1. The van der Waals surface area contributed by atoms with Gasteiger partial charge in [0.2, 0.25) is 10.0 Å². The number of rotatable bonds is 9. The van der Waals surface area contributed by atoms with E-state index in [-0.39, 0.29) is 11.2 Å². The van der Waals surface area contributed by atoms with Crippen LogP contribution in [0.4, 0.5) is 0 Å². The fourth-order valence-electron chi connectivity index (χ4n) is 2.54. The first-order valence-corrected chi connectivity index (χ1v) is 9.31. The molecular weight excluding hydrogens is 302 g/mol. The largest absolute Gasteiger partial charge is 0.493 e. The van der Waals surface area contributed by atoms with Crippen molar-refractivity contribution in [1.82, 2.24) is 4.72 Å². The van der Waals surface area contributed by atoms with Crippen LogP contribution in [0.5, 0.6) is 11.5 Å². The molecule has 0 unspecified atom stereocenters. The summed E-state index contributed by atoms with van der Waals surface area (Å²) in [6, 6.07) is 5.82. The van der Waals surface area contributed by atoms with Gasteiger partial charge in [0.1, 0.15) is 0 Å². The summed E-state index contributed by atoms with van der Waals surface area (Å²) in [5.41, 5.74) is 1.00. The molecule has 5 nitrogen and oxygen atoms in total. The Kier molecular flexibility index (Phi) is 5.34. The fourth-order valence-corrected chi connectivity index (χ4v) is 3.85. The normalized spacial score (nSPS) is 16.3. The third kappa shape index (κ3) is 3.93. The van der Waals surface area contributed by atoms with Crippen molar-refractivity contribution in [2.45, 2.75) is 38.0 Å². The van der Waals surface area contributed by atoms with Crippen molar-refractivity contribution in [2.24, 2.45) is 0 Å². The number of hydrogen-bond acceptors (Lipinski definition) is 4. The van der Waals surface area contributed by atoms with E-state index >= 15 is 0 Å². The molecular formula is C16H25NO4S. The van der Waals surface area contributed by atoms with Gasteiger partial charge in [0.25, 0.3) is 0 Å². The lowest BCUT2D eigenvalue weighted by molar-refractivity contribution is 0.354. The predicted molar refractivity (Wildman–Crippen MR) is 87.2 cm³/mol. The molecule has 0 aliphatic heterocycles. The predicted octanol–water partition coefficient (Wildman–Crippen LogP) is 2.45. The van der Waals surface area contributed by atoms with Gasteiger partial charge >= 0.3 is 0 Å². The number of ether oxygens (including phenoxy) is 2. The van der Waals surface area contributed by atoms with Crippen LogP contribution < -0.4 is 14.2 Å². The standard InChI is InChI=1S/C16H25NO4S/c1-4-5-10-22(18,19)17-12-16(8-9-16)13-6-7-14(20-2)15(11-13)21-3/h6-7,11,17H,4-5,8-10,12H2,1-3H3. The molecule has 0 bridgehead atoms. The monoisotopic (exact) mass is 327 g/mol. The Balaban J connectivity index is 2.08. The summed E-state index contributed by atoms with van der Waals surface area (Å²) in [5, 5.41) is 0. The SMILES string of the molecule is CCCCS(=O)(=O)NCC1(c2ccc(OC)c(OC)c2)CC1. The van der Waals surface area contributed by atoms with Gasteiger partial charge in [0.15, 0.2) is 11.5 Å². The molecule has 1 N–H and O–H groups in total. The maximum Gasteiger partial charge on any atom is 0.211 e. The average molecular weight is 327 g/mol. The lowest BCUT2D eigenvalue weighted by Crippen LogP contribution is -2.33. The van der Waals surface area contributed by atoms with Gasteiger partial charge in [-0.2, -0.15) is 0 Å². The molecule has 0 radical (unpaired) electrons. The van der Waals surface area contributed by atoms with E-state index in [9.17, 15) is 8.42 Å². The zero-order valence-electron chi connectivity index (χ0n) is 13.5. The summed E-state index contributed by atoms with van der Waals surface area (Å²) in [4.78, 5) is 0. The van der Waals surface area contributed by atoms with Crippen LogP contribution in [0.2, 0.25) is 0 Å². The van der Waals surface area contributed by atoms with Crippen LogP contribution in [0.15, 0.2) is 18.2 Å². The quantitative estimate of drug-likeness (QED) is 0.757. The van der Waals surface area contributed by atoms with Gasteiger partial charge in [-0.25, -0.2) is 13.1 Å². The smallest absolute Gasteiger partial charge is 0.211 e. The van der Waals surface area contributed by atoms with Crippen LogP contribution in [0.1, 0.15) is 38.2 Å². The van der Waals surface area contributed by atoms with E-state index in [1.807, 2.05) is 25.1 Å². The lowest BCUT2D eigenvalue weighted by Gasteiger charge is -2.18. The van der Waals surface area contributed by atoms with E-state index in [4.69, 9.17) is 9.47 Å². The van der Waals surface area contributed by atoms with Crippen LogP contribution in [0.3, 0.4) is 0 Å². The summed E-state index contributed by atoms with van der Waals surface area (Å²) in [5.74, 6) is 1.57. The van der Waals surface area contributed by atoms with Crippen LogP contribution >= 0.6 is 0 Å². The zero-order chi connectivity index (χ0) is 16.2. The van der Waals surface area contributed by atoms with Crippen LogP contribution in [-0.4, -0.2) is 34.9 Å². The second-order valence-electron chi connectivity index (χ2n) is 5.84. The summed E-state index contributed by atoms with van der Waals surface area (Å²) in [6.45, 7) is 2.44. The second-order valence-corrected chi connectivity index (χ2v) is 7.77. The van der Waals surface area contributed by atoms with Crippen LogP contribution in [-0.2, 0) is 15.4 Å². The van der Waals surface area contributed by atoms with Crippen molar-refractivity contribution >= 4 is 10.0 Å². The highest BCUT2D eigenvalue weighted by atomic mass is 32.2. The molecule has 0 amide bonds. The van der Waals surface area contributed by atoms with Crippen molar-refractivity contribution in [3.63, 3.8) is 0 Å². The molecule has 0 atom stereocenters. The van der Waals surface area contributed by atoms with E-state index < -0.39 is 10.0 Å². The molecule has 0 saturated heterocycles. The van der Waals surface area contributed by atoms with Crippen molar-refractivity contribution in [3.8, 4) is 11.5 Å². The summed E-state index contributed by atoms with van der Waals surface area (Å²) < 4.78 is 37.3. The Hall–Kier alpha value is -1.27. The number of methoxy groups -OCH3 is 2. The maximum atomic E-state index is 12.0. The van der Waals surface area contributed by atoms with E-state index in [2.05, 4.69) is 4.72 Å². The lowest BCUT2D eigenvalue weighted by atomic mass is 9.96. The second kappa shape index (κ2) is 6.87. The highest BCUT2D eigenvalue weighted by Crippen LogP contribution is 2.49. The van der Waals surface area contributed by atoms with Crippen molar-refractivity contribution in [1.29, 1.82) is 0 Å². The maximum absolute atomic E-state index is 12.0. The van der Waals surface area contributed by atoms with Gasteiger partial charge in [-0.15, -0.1) is 0 Å². The Morgan fingerprint density at radius 3 is 2.41 bits per heavy atom. The van der Waals surface area contributed by atoms with E-state index in [0.29, 0.717) is 24.5 Å². The molecule has 6 heteroatoms. The minimum absolute atomic E-state index is 0.0984. The molecule has 1 aromatic carbocycles. The third-order valence-corrected chi connectivity index (χ3v) is 5.66. The van der Waals surface area contributed by atoms with Crippen LogP contribution in [0.25, 0.3) is 0 Å². The summed E-state index contributed by atoms with van der Waals surface area (Å²) in [6.07, 6.45) is 3.54. The molecule has 1 saturated carbocycles. The van der Waals surface area contributed by atoms with Crippen molar-refractivity contribution in [2.75, 3.05) is 26.5 Å². The minimum Gasteiger partial charge on any atom is -0.493 e. The zero-order valence-corrected chi connectivity index (χ0v) is 14.3. The number of hydrogen-bond donors (Lipinski definition) is 1. The molecule has 1 aromatic rings. The first kappa shape index (κ1) is 17.1. The highest BCUT2D eigenvalue weighted by Gasteiger charge is 2.45. The van der Waals surface area contributed by atoms with Crippen molar-refractivity contribution < 1.29 is 17.9 Å². The summed E-state index contributed by atoms with van der Waals surface area (Å²) >= 11 is 0. The van der Waals surface area contributed by atoms with Gasteiger partial charge in [-0.05, 0) is 37.0 Å². The molecule has 2 rings (SSSR count). The topological polar surface area (TPSA) is 64.6 Å². The van der Waals surface area contributed by atoms with E-state index in [0.717, 1.165) is 24.8 Å². The number of unbranched alkanes of at least 4 members (excludes halogenated alkanes) is 1. The van der Waals surface area contributed by atoms with Crippen molar-refractivity contribution in [3.05, 3.63) is 23.8 Å². The molecule has 124 valence electrons. The summed E-state index contributed by atoms with van der Waals surface area (Å²) in [7, 11) is 0.0299. The Morgan fingerprint density at radius 1 is 1.18 bits per heavy atom. The van der Waals surface area contributed by atoms with E-state index in [1.54, 1.807) is 14.2 Å². The molecule has 1 aliphatic carbocycles. The Bertz CT molecular complexity index is 609. The Labute approximate surface area is 133 Å². The minimum atomic E-state index is -3.18. The molecule has 22 heavy (non-hydrogen) atoms. The number of benzene rings is 1. The van der Waals surface area contributed by atoms with Crippen LogP contribution in [0, 0.1) is 0 Å². The fraction of sp³-hybridized carbons (Fsp3) is 0.625. The molecule has 0 heterocycles. The highest BCUT2D eigenvalue weighted by molar-refractivity contribution is 7.89. The number of sulfonamides is 1. The van der Waals surface area contributed by atoms with Gasteiger partial charge in [0, 0.05) is 12.0 Å². The van der Waals surface area contributed by atoms with Gasteiger partial charge in [0.05, 0.1) is 20.0 Å². The molecule has 0 spiro atoms. The molecule has 1 fully saturated rings. The first-order valence-electron chi connectivity index (χ1n) is 7.66. The third-order valence-electron chi connectivity index (χ3n) is 4.25. The molecule has 0 aromatic heterocycles. The van der Waals surface area contributed by atoms with Gasteiger partial charge in [-0.3, -0.25) is 0 Å². The van der Waals surface area contributed by atoms with E-state index in [1.165, 1.54) is 0 Å². The van der Waals surface area contributed by atoms with Gasteiger partial charge in [-0.1, -0.05) is 19.4 Å².